The van der Waals surface area contributed by atoms with Crippen molar-refractivity contribution in [3.8, 4) is 5.75 Å². The number of ether oxygens (including phenoxy) is 1. The van der Waals surface area contributed by atoms with Gasteiger partial charge in [0.2, 0.25) is 0 Å². The third-order valence-electron chi connectivity index (χ3n) is 4.01. The summed E-state index contributed by atoms with van der Waals surface area (Å²) in [5.41, 5.74) is 2.76. The maximum atomic E-state index is 12.2. The van der Waals surface area contributed by atoms with Gasteiger partial charge in [-0.2, -0.15) is 13.2 Å². The van der Waals surface area contributed by atoms with Gasteiger partial charge in [0.05, 0.1) is 12.6 Å². The topological polar surface area (TPSA) is 65.9 Å². The molecule has 0 radical (unpaired) electrons. The SMILES string of the molecule is CCNC(=NCc1ccc(OCC(F)(F)F)cc1)NCC(O)c1ccc(C)cc1. The first-order chi connectivity index (χ1) is 13.8. The number of nitrogens with one attached hydrogen (secondary N) is 2. The predicted octanol–water partition coefficient (Wildman–Crippen LogP) is 3.72. The summed E-state index contributed by atoms with van der Waals surface area (Å²) in [5.74, 6) is 0.692. The molecule has 0 amide bonds. The van der Waals surface area contributed by atoms with Crippen molar-refractivity contribution in [1.29, 1.82) is 0 Å². The Bertz CT molecular complexity index is 775. The lowest BCUT2D eigenvalue weighted by Gasteiger charge is -2.16. The summed E-state index contributed by atoms with van der Waals surface area (Å²) >= 11 is 0. The molecular formula is C21H26F3N3O2. The molecule has 29 heavy (non-hydrogen) atoms. The van der Waals surface area contributed by atoms with E-state index < -0.39 is 18.9 Å². The Kier molecular flexibility index (Phi) is 8.33. The quantitative estimate of drug-likeness (QED) is 0.459. The number of aliphatic hydroxyl groups excluding tert-OH is 1. The highest BCUT2D eigenvalue weighted by atomic mass is 19.4. The second-order valence-electron chi connectivity index (χ2n) is 6.55. The molecule has 0 spiro atoms. The number of benzene rings is 2. The Labute approximate surface area is 168 Å². The third kappa shape index (κ3) is 8.43. The van der Waals surface area contributed by atoms with Gasteiger partial charge in [-0.15, -0.1) is 0 Å². The van der Waals surface area contributed by atoms with Crippen LogP contribution in [0.3, 0.4) is 0 Å². The normalized spacial score (nSPS) is 13.1. The molecule has 0 heterocycles. The largest absolute Gasteiger partial charge is 0.484 e. The average Bonchev–Trinajstić information content (AvgIpc) is 2.69. The van der Waals surface area contributed by atoms with Gasteiger partial charge in [-0.3, -0.25) is 0 Å². The number of nitrogens with zero attached hydrogens (tertiary/aromatic N) is 1. The summed E-state index contributed by atoms with van der Waals surface area (Å²) in [4.78, 5) is 4.44. The molecular weight excluding hydrogens is 383 g/mol. The van der Waals surface area contributed by atoms with Gasteiger partial charge in [0.15, 0.2) is 12.6 Å². The molecule has 0 aliphatic heterocycles. The van der Waals surface area contributed by atoms with E-state index in [1.54, 1.807) is 12.1 Å². The van der Waals surface area contributed by atoms with E-state index in [2.05, 4.69) is 15.6 Å². The van der Waals surface area contributed by atoms with Crippen molar-refractivity contribution in [2.45, 2.75) is 32.7 Å². The van der Waals surface area contributed by atoms with Crippen LogP contribution in [0.1, 0.15) is 29.7 Å². The Hall–Kier alpha value is -2.74. The molecule has 0 aromatic heterocycles. The zero-order chi connectivity index (χ0) is 21.3. The van der Waals surface area contributed by atoms with Crippen molar-refractivity contribution in [3.63, 3.8) is 0 Å². The van der Waals surface area contributed by atoms with Gasteiger partial charge in [0.1, 0.15) is 5.75 Å². The zero-order valence-corrected chi connectivity index (χ0v) is 16.5. The first kappa shape index (κ1) is 22.5. The monoisotopic (exact) mass is 409 g/mol. The average molecular weight is 409 g/mol. The van der Waals surface area contributed by atoms with Crippen LogP contribution >= 0.6 is 0 Å². The van der Waals surface area contributed by atoms with Crippen LogP contribution in [0.4, 0.5) is 13.2 Å². The highest BCUT2D eigenvalue weighted by molar-refractivity contribution is 5.79. The van der Waals surface area contributed by atoms with Gasteiger partial charge in [-0.05, 0) is 37.1 Å². The number of alkyl halides is 3. The molecule has 5 nitrogen and oxygen atoms in total. The smallest absolute Gasteiger partial charge is 0.422 e. The number of hydrogen-bond acceptors (Lipinski definition) is 3. The van der Waals surface area contributed by atoms with Gasteiger partial charge < -0.3 is 20.5 Å². The van der Waals surface area contributed by atoms with Gasteiger partial charge in [0, 0.05) is 13.1 Å². The van der Waals surface area contributed by atoms with Crippen LogP contribution in [0.2, 0.25) is 0 Å². The van der Waals surface area contributed by atoms with E-state index in [0.717, 1.165) is 16.7 Å². The van der Waals surface area contributed by atoms with Crippen LogP contribution in [0.15, 0.2) is 53.5 Å². The van der Waals surface area contributed by atoms with E-state index in [1.807, 2.05) is 38.1 Å². The fraction of sp³-hybridized carbons (Fsp3) is 0.381. The minimum absolute atomic E-state index is 0.154. The molecule has 8 heteroatoms. The van der Waals surface area contributed by atoms with Crippen molar-refractivity contribution in [2.75, 3.05) is 19.7 Å². The van der Waals surface area contributed by atoms with Crippen LogP contribution in [-0.4, -0.2) is 36.9 Å². The van der Waals surface area contributed by atoms with Crippen LogP contribution in [0, 0.1) is 6.92 Å². The minimum atomic E-state index is -4.36. The molecule has 0 bridgehead atoms. The molecule has 1 atom stereocenters. The van der Waals surface area contributed by atoms with Crippen molar-refractivity contribution in [1.82, 2.24) is 10.6 Å². The van der Waals surface area contributed by atoms with Crippen LogP contribution in [-0.2, 0) is 6.54 Å². The Morgan fingerprint density at radius 1 is 1.07 bits per heavy atom. The number of guanidine groups is 1. The summed E-state index contributed by atoms with van der Waals surface area (Å²) < 4.78 is 41.2. The van der Waals surface area contributed by atoms with Crippen LogP contribution in [0.25, 0.3) is 0 Å². The van der Waals surface area contributed by atoms with Gasteiger partial charge in [-0.25, -0.2) is 4.99 Å². The summed E-state index contributed by atoms with van der Waals surface area (Å²) in [6, 6.07) is 14.0. The highest BCUT2D eigenvalue weighted by Crippen LogP contribution is 2.19. The molecule has 0 fully saturated rings. The maximum Gasteiger partial charge on any atom is 0.422 e. The van der Waals surface area contributed by atoms with E-state index in [0.29, 0.717) is 25.6 Å². The zero-order valence-electron chi connectivity index (χ0n) is 16.5. The third-order valence-corrected chi connectivity index (χ3v) is 4.01. The van der Waals surface area contributed by atoms with E-state index in [1.165, 1.54) is 12.1 Å². The number of aliphatic hydroxyl groups is 1. The number of hydrogen-bond donors (Lipinski definition) is 3. The second kappa shape index (κ2) is 10.7. The number of halogens is 3. The minimum Gasteiger partial charge on any atom is -0.484 e. The van der Waals surface area contributed by atoms with Crippen molar-refractivity contribution < 1.29 is 23.0 Å². The lowest BCUT2D eigenvalue weighted by molar-refractivity contribution is -0.153. The van der Waals surface area contributed by atoms with E-state index in [4.69, 9.17) is 4.74 Å². The number of aryl methyl sites for hydroxylation is 1. The number of rotatable bonds is 8. The first-order valence-electron chi connectivity index (χ1n) is 9.32. The Balaban J connectivity index is 1.90. The fourth-order valence-corrected chi connectivity index (χ4v) is 2.47. The lowest BCUT2D eigenvalue weighted by Crippen LogP contribution is -2.39. The van der Waals surface area contributed by atoms with E-state index in [-0.39, 0.29) is 5.75 Å². The molecule has 2 aromatic carbocycles. The molecule has 3 N–H and O–H groups in total. The lowest BCUT2D eigenvalue weighted by atomic mass is 10.1. The van der Waals surface area contributed by atoms with E-state index in [9.17, 15) is 18.3 Å². The van der Waals surface area contributed by atoms with Crippen molar-refractivity contribution in [2.24, 2.45) is 4.99 Å². The Morgan fingerprint density at radius 3 is 2.31 bits per heavy atom. The molecule has 0 aliphatic carbocycles. The maximum absolute atomic E-state index is 12.2. The molecule has 2 rings (SSSR count). The summed E-state index contributed by atoms with van der Waals surface area (Å²) in [6.45, 7) is 3.87. The van der Waals surface area contributed by atoms with Crippen molar-refractivity contribution in [3.05, 3.63) is 65.2 Å². The summed E-state index contributed by atoms with van der Waals surface area (Å²) in [7, 11) is 0. The van der Waals surface area contributed by atoms with Gasteiger partial charge >= 0.3 is 6.18 Å². The molecule has 158 valence electrons. The van der Waals surface area contributed by atoms with E-state index >= 15 is 0 Å². The molecule has 0 saturated heterocycles. The number of aliphatic imine (C=N–C) groups is 1. The first-order valence-corrected chi connectivity index (χ1v) is 9.32. The molecule has 2 aromatic rings. The second-order valence-corrected chi connectivity index (χ2v) is 6.55. The van der Waals surface area contributed by atoms with Crippen LogP contribution in [0.5, 0.6) is 5.75 Å². The summed E-state index contributed by atoms with van der Waals surface area (Å²) in [5, 5.41) is 16.5. The van der Waals surface area contributed by atoms with Crippen molar-refractivity contribution >= 4 is 5.96 Å². The fourth-order valence-electron chi connectivity index (χ4n) is 2.47. The van der Waals surface area contributed by atoms with Crippen LogP contribution < -0.4 is 15.4 Å². The Morgan fingerprint density at radius 2 is 1.72 bits per heavy atom. The molecule has 0 aliphatic rings. The molecule has 0 saturated carbocycles. The standard InChI is InChI=1S/C21H26F3N3O2/c1-3-25-20(27-13-19(28)17-8-4-15(2)5-9-17)26-12-16-6-10-18(11-7-16)29-14-21(22,23)24/h4-11,19,28H,3,12-14H2,1-2H3,(H2,25,26,27). The highest BCUT2D eigenvalue weighted by Gasteiger charge is 2.28. The molecule has 1 unspecified atom stereocenters. The van der Waals surface area contributed by atoms with Gasteiger partial charge in [-0.1, -0.05) is 42.0 Å². The van der Waals surface area contributed by atoms with Gasteiger partial charge in [0.25, 0.3) is 0 Å². The summed E-state index contributed by atoms with van der Waals surface area (Å²) in [6.07, 6.45) is -5.04. The predicted molar refractivity (Wildman–Crippen MR) is 107 cm³/mol.